The van der Waals surface area contributed by atoms with Crippen molar-refractivity contribution in [1.29, 1.82) is 0 Å². The topological polar surface area (TPSA) is 69.7 Å². The fourth-order valence-corrected chi connectivity index (χ4v) is 4.92. The lowest BCUT2D eigenvalue weighted by Gasteiger charge is -2.37. The Labute approximate surface area is 196 Å². The third-order valence-electron chi connectivity index (χ3n) is 6.81. The van der Waals surface area contributed by atoms with Crippen LogP contribution in [-0.4, -0.2) is 59.7 Å². The minimum atomic E-state index is -0.563. The molecule has 6 nitrogen and oxygen atoms in total. The third-order valence-corrected chi connectivity index (χ3v) is 6.81. The van der Waals surface area contributed by atoms with E-state index in [-0.39, 0.29) is 23.6 Å². The van der Waals surface area contributed by atoms with Crippen molar-refractivity contribution in [3.05, 3.63) is 70.8 Å². The highest BCUT2D eigenvalue weighted by atomic mass is 16.2. The van der Waals surface area contributed by atoms with Gasteiger partial charge in [0.1, 0.15) is 6.04 Å². The zero-order valence-electron chi connectivity index (χ0n) is 19.5. The van der Waals surface area contributed by atoms with E-state index in [0.717, 1.165) is 37.1 Å². The Balaban J connectivity index is 1.46. The molecule has 1 atom stereocenters. The second-order valence-electron chi connectivity index (χ2n) is 9.35. The van der Waals surface area contributed by atoms with Crippen LogP contribution in [0.5, 0.6) is 0 Å². The van der Waals surface area contributed by atoms with E-state index in [1.54, 1.807) is 6.07 Å². The minimum Gasteiger partial charge on any atom is -0.341 e. The summed E-state index contributed by atoms with van der Waals surface area (Å²) in [7, 11) is 0. The lowest BCUT2D eigenvalue weighted by molar-refractivity contribution is -0.134. The zero-order chi connectivity index (χ0) is 23.4. The van der Waals surface area contributed by atoms with Crippen molar-refractivity contribution in [2.75, 3.05) is 26.2 Å². The molecule has 2 saturated heterocycles. The maximum atomic E-state index is 13.4. The largest absolute Gasteiger partial charge is 0.341 e. The predicted molar refractivity (Wildman–Crippen MR) is 128 cm³/mol. The molecule has 0 aromatic heterocycles. The molecule has 4 rings (SSSR count). The van der Waals surface area contributed by atoms with E-state index in [4.69, 9.17) is 0 Å². The Hall–Kier alpha value is -3.15. The summed E-state index contributed by atoms with van der Waals surface area (Å²) in [6.45, 7) is 6.60. The van der Waals surface area contributed by atoms with Gasteiger partial charge in [-0.2, -0.15) is 0 Å². The second kappa shape index (κ2) is 10.2. The molecule has 2 aliphatic rings. The van der Waals surface area contributed by atoms with Crippen LogP contribution in [0, 0.1) is 19.8 Å². The van der Waals surface area contributed by atoms with Crippen LogP contribution in [0.3, 0.4) is 0 Å². The van der Waals surface area contributed by atoms with Gasteiger partial charge in [0.25, 0.3) is 11.8 Å². The molecule has 2 heterocycles. The normalized spacial score (nSPS) is 17.6. The Morgan fingerprint density at radius 2 is 1.39 bits per heavy atom. The average Bonchev–Trinajstić information content (AvgIpc) is 3.37. The van der Waals surface area contributed by atoms with Crippen molar-refractivity contribution in [2.24, 2.45) is 5.92 Å². The number of hydrogen-bond donors (Lipinski definition) is 1. The number of piperidine rings is 1. The second-order valence-corrected chi connectivity index (χ2v) is 9.35. The summed E-state index contributed by atoms with van der Waals surface area (Å²) in [4.78, 5) is 43.1. The van der Waals surface area contributed by atoms with Crippen LogP contribution >= 0.6 is 0 Å². The Morgan fingerprint density at radius 3 is 2.00 bits per heavy atom. The first-order valence-corrected chi connectivity index (χ1v) is 11.9. The van der Waals surface area contributed by atoms with E-state index in [1.807, 2.05) is 66.1 Å². The van der Waals surface area contributed by atoms with Crippen LogP contribution in [0.1, 0.15) is 57.5 Å². The van der Waals surface area contributed by atoms with Gasteiger partial charge in [-0.15, -0.1) is 0 Å². The molecule has 0 aliphatic carbocycles. The molecule has 33 heavy (non-hydrogen) atoms. The van der Waals surface area contributed by atoms with Gasteiger partial charge in [-0.3, -0.25) is 14.4 Å². The molecular formula is C27H33N3O3. The number of amides is 3. The first-order valence-electron chi connectivity index (χ1n) is 11.9. The summed E-state index contributed by atoms with van der Waals surface area (Å²) in [5, 5.41) is 3.06. The van der Waals surface area contributed by atoms with E-state index in [0.29, 0.717) is 37.1 Å². The van der Waals surface area contributed by atoms with Gasteiger partial charge in [-0.25, -0.2) is 0 Å². The highest BCUT2D eigenvalue weighted by Crippen LogP contribution is 2.25. The van der Waals surface area contributed by atoms with Crippen molar-refractivity contribution in [3.63, 3.8) is 0 Å². The van der Waals surface area contributed by atoms with Crippen LogP contribution in [0.2, 0.25) is 0 Å². The number of nitrogens with one attached hydrogen (secondary N) is 1. The Morgan fingerprint density at radius 1 is 0.818 bits per heavy atom. The number of carbonyl (C=O) groups excluding carboxylic acids is 3. The van der Waals surface area contributed by atoms with Crippen molar-refractivity contribution in [3.8, 4) is 0 Å². The van der Waals surface area contributed by atoms with E-state index in [2.05, 4.69) is 5.32 Å². The van der Waals surface area contributed by atoms with Crippen LogP contribution in [0.25, 0.3) is 0 Å². The van der Waals surface area contributed by atoms with Crippen molar-refractivity contribution < 1.29 is 14.4 Å². The highest BCUT2D eigenvalue weighted by molar-refractivity contribution is 5.98. The molecule has 2 fully saturated rings. The average molecular weight is 448 g/mol. The third kappa shape index (κ3) is 5.44. The first kappa shape index (κ1) is 23.0. The monoisotopic (exact) mass is 447 g/mol. The molecular weight excluding hydrogens is 414 g/mol. The summed E-state index contributed by atoms with van der Waals surface area (Å²) in [6, 6.07) is 14.5. The summed E-state index contributed by atoms with van der Waals surface area (Å²) in [6.07, 6.45) is 3.40. The van der Waals surface area contributed by atoms with Crippen molar-refractivity contribution in [1.82, 2.24) is 15.1 Å². The quantitative estimate of drug-likeness (QED) is 0.762. The maximum Gasteiger partial charge on any atom is 0.253 e. The smallest absolute Gasteiger partial charge is 0.253 e. The highest BCUT2D eigenvalue weighted by Gasteiger charge is 2.37. The van der Waals surface area contributed by atoms with Gasteiger partial charge >= 0.3 is 0 Å². The van der Waals surface area contributed by atoms with Gasteiger partial charge in [-0.1, -0.05) is 35.4 Å². The number of hydrogen-bond acceptors (Lipinski definition) is 3. The van der Waals surface area contributed by atoms with Crippen LogP contribution in [0.15, 0.2) is 48.5 Å². The zero-order valence-corrected chi connectivity index (χ0v) is 19.5. The fourth-order valence-electron chi connectivity index (χ4n) is 4.92. The summed E-state index contributed by atoms with van der Waals surface area (Å²) < 4.78 is 0. The minimum absolute atomic E-state index is 0.00780. The molecule has 174 valence electrons. The molecule has 0 radical (unpaired) electrons. The van der Waals surface area contributed by atoms with Crippen molar-refractivity contribution >= 4 is 17.7 Å². The molecule has 1 unspecified atom stereocenters. The van der Waals surface area contributed by atoms with Gasteiger partial charge < -0.3 is 15.1 Å². The standard InChI is InChI=1S/C27H33N3O3/c1-19-7-5-9-22(17-19)25(31)28-24(27(33)29-13-3-4-14-29)21-11-15-30(16-12-21)26(32)23-10-6-8-20(2)18-23/h5-10,17-18,21,24H,3-4,11-16H2,1-2H3,(H,28,31). The molecule has 2 aliphatic heterocycles. The molecule has 6 heteroatoms. The van der Waals surface area contributed by atoms with Gasteiger partial charge in [0.2, 0.25) is 5.91 Å². The van der Waals surface area contributed by atoms with Crippen molar-refractivity contribution in [2.45, 2.75) is 45.6 Å². The van der Waals surface area contributed by atoms with E-state index in [1.165, 1.54) is 0 Å². The van der Waals surface area contributed by atoms with Crippen LogP contribution in [-0.2, 0) is 4.79 Å². The van der Waals surface area contributed by atoms with Gasteiger partial charge in [0, 0.05) is 37.3 Å². The van der Waals surface area contributed by atoms with E-state index >= 15 is 0 Å². The van der Waals surface area contributed by atoms with Gasteiger partial charge in [0.05, 0.1) is 0 Å². The Bertz CT molecular complexity index is 1020. The van der Waals surface area contributed by atoms with Crippen LogP contribution in [0.4, 0.5) is 0 Å². The number of rotatable bonds is 5. The first-order chi connectivity index (χ1) is 15.9. The Kier molecular flexibility index (Phi) is 7.11. The molecule has 0 spiro atoms. The molecule has 3 amide bonds. The predicted octanol–water partition coefficient (Wildman–Crippen LogP) is 3.58. The summed E-state index contributed by atoms with van der Waals surface area (Å²) in [5.41, 5.74) is 3.34. The van der Waals surface area contributed by atoms with Gasteiger partial charge in [0.15, 0.2) is 0 Å². The molecule has 2 aromatic rings. The molecule has 1 N–H and O–H groups in total. The number of carbonyl (C=O) groups is 3. The summed E-state index contributed by atoms with van der Waals surface area (Å²) >= 11 is 0. The number of likely N-dealkylation sites (tertiary alicyclic amines) is 2. The van der Waals surface area contributed by atoms with Crippen LogP contribution < -0.4 is 5.32 Å². The lowest BCUT2D eigenvalue weighted by atomic mass is 9.88. The SMILES string of the molecule is Cc1cccc(C(=O)NC(C(=O)N2CCCC2)C2CCN(C(=O)c3cccc(C)c3)CC2)c1. The number of benzene rings is 2. The molecule has 0 saturated carbocycles. The van der Waals surface area contributed by atoms with Gasteiger partial charge in [-0.05, 0) is 69.7 Å². The summed E-state index contributed by atoms with van der Waals surface area (Å²) in [5.74, 6) is -0.164. The molecule has 2 aromatic carbocycles. The molecule has 0 bridgehead atoms. The fraction of sp³-hybridized carbons (Fsp3) is 0.444. The maximum absolute atomic E-state index is 13.4. The number of aryl methyl sites for hydroxylation is 2. The lowest BCUT2D eigenvalue weighted by Crippen LogP contribution is -2.54. The van der Waals surface area contributed by atoms with E-state index in [9.17, 15) is 14.4 Å². The van der Waals surface area contributed by atoms with E-state index < -0.39 is 6.04 Å². The number of nitrogens with zero attached hydrogens (tertiary/aromatic N) is 2.